The average Bonchev–Trinajstić information content (AvgIpc) is 2.65. The monoisotopic (exact) mass is 309 g/mol. The zero-order valence-corrected chi connectivity index (χ0v) is 11.7. The second-order valence-electron chi connectivity index (χ2n) is 3.03. The smallest absolute Gasteiger partial charge is 0.265 e. The van der Waals surface area contributed by atoms with Crippen LogP contribution in [0.15, 0.2) is 11.4 Å². The van der Waals surface area contributed by atoms with Crippen LogP contribution in [0, 0.1) is 0 Å². The minimum Gasteiger partial charge on any atom is -0.338 e. The molecule has 5 heteroatoms. The molecule has 84 valence electrons. The minimum atomic E-state index is 0.0402. The van der Waals surface area contributed by atoms with Crippen molar-refractivity contribution in [3.8, 4) is 0 Å². The fraction of sp³-hybridized carbons (Fsp3) is 0.500. The minimum absolute atomic E-state index is 0.0402. The molecule has 0 saturated carbocycles. The largest absolute Gasteiger partial charge is 0.338 e. The van der Waals surface area contributed by atoms with Gasteiger partial charge in [-0.25, -0.2) is 0 Å². The molecule has 0 saturated heterocycles. The first-order valence-corrected chi connectivity index (χ1v) is 7.16. The van der Waals surface area contributed by atoms with Gasteiger partial charge in [0.25, 0.3) is 5.91 Å². The molecular formula is C10H13BrClNOS. The Hall–Kier alpha value is -0.0600. The van der Waals surface area contributed by atoms with E-state index in [2.05, 4.69) is 15.9 Å². The first-order chi connectivity index (χ1) is 7.20. The molecular weight excluding hydrogens is 298 g/mol. The lowest BCUT2D eigenvalue weighted by Gasteiger charge is -2.19. The molecule has 0 aromatic carbocycles. The first-order valence-electron chi connectivity index (χ1n) is 4.79. The Kier molecular flexibility index (Phi) is 5.64. The van der Waals surface area contributed by atoms with Crippen LogP contribution in [0.3, 0.4) is 0 Å². The van der Waals surface area contributed by atoms with E-state index in [-0.39, 0.29) is 5.91 Å². The van der Waals surface area contributed by atoms with Crippen LogP contribution in [0.2, 0.25) is 5.02 Å². The third kappa shape index (κ3) is 3.47. The standard InChI is InChI=1S/C10H13BrClNOS/c1-2-13(6-3-5-11)10(14)9-8(12)4-7-15-9/h4,7H,2-3,5-6H2,1H3. The Bertz CT molecular complexity index is 329. The van der Waals surface area contributed by atoms with Gasteiger partial charge in [-0.05, 0) is 24.8 Å². The number of hydrogen-bond acceptors (Lipinski definition) is 2. The highest BCUT2D eigenvalue weighted by Gasteiger charge is 2.17. The third-order valence-electron chi connectivity index (χ3n) is 2.04. The van der Waals surface area contributed by atoms with Crippen molar-refractivity contribution in [1.82, 2.24) is 4.90 Å². The highest BCUT2D eigenvalue weighted by atomic mass is 79.9. The van der Waals surface area contributed by atoms with Gasteiger partial charge >= 0.3 is 0 Å². The van der Waals surface area contributed by atoms with Gasteiger partial charge in [0.15, 0.2) is 0 Å². The van der Waals surface area contributed by atoms with E-state index >= 15 is 0 Å². The number of thiophene rings is 1. The van der Waals surface area contributed by atoms with E-state index in [0.29, 0.717) is 9.90 Å². The summed E-state index contributed by atoms with van der Waals surface area (Å²) in [7, 11) is 0. The number of hydrogen-bond donors (Lipinski definition) is 0. The van der Waals surface area contributed by atoms with Gasteiger partial charge in [0.1, 0.15) is 4.88 Å². The van der Waals surface area contributed by atoms with Crippen molar-refractivity contribution in [3.05, 3.63) is 21.3 Å². The maximum Gasteiger partial charge on any atom is 0.265 e. The Morgan fingerprint density at radius 3 is 2.87 bits per heavy atom. The van der Waals surface area contributed by atoms with Gasteiger partial charge < -0.3 is 4.90 Å². The average molecular weight is 311 g/mol. The molecule has 0 bridgehead atoms. The summed E-state index contributed by atoms with van der Waals surface area (Å²) in [6, 6.07) is 1.76. The summed E-state index contributed by atoms with van der Waals surface area (Å²) >= 11 is 10.7. The van der Waals surface area contributed by atoms with Gasteiger partial charge in [0.05, 0.1) is 5.02 Å². The van der Waals surface area contributed by atoms with Crippen molar-refractivity contribution in [1.29, 1.82) is 0 Å². The van der Waals surface area contributed by atoms with Crippen LogP contribution in [0.25, 0.3) is 0 Å². The molecule has 1 rings (SSSR count). The number of carbonyl (C=O) groups is 1. The molecule has 1 amide bonds. The number of rotatable bonds is 5. The van der Waals surface area contributed by atoms with E-state index in [0.717, 1.165) is 24.8 Å². The fourth-order valence-electron chi connectivity index (χ4n) is 1.24. The highest BCUT2D eigenvalue weighted by Crippen LogP contribution is 2.23. The Morgan fingerprint density at radius 2 is 2.40 bits per heavy atom. The van der Waals surface area contributed by atoms with Crippen LogP contribution in [-0.4, -0.2) is 29.2 Å². The first kappa shape index (κ1) is 13.0. The lowest BCUT2D eigenvalue weighted by molar-refractivity contribution is 0.0770. The molecule has 0 N–H and O–H groups in total. The van der Waals surface area contributed by atoms with E-state index < -0.39 is 0 Å². The molecule has 0 aliphatic rings. The summed E-state index contributed by atoms with van der Waals surface area (Å²) in [6.07, 6.45) is 0.961. The normalized spacial score (nSPS) is 10.3. The summed E-state index contributed by atoms with van der Waals surface area (Å²) in [5, 5.41) is 3.31. The number of nitrogens with zero attached hydrogens (tertiary/aromatic N) is 1. The van der Waals surface area contributed by atoms with Gasteiger partial charge in [0, 0.05) is 18.4 Å². The van der Waals surface area contributed by atoms with Gasteiger partial charge in [-0.1, -0.05) is 27.5 Å². The Morgan fingerprint density at radius 1 is 1.67 bits per heavy atom. The van der Waals surface area contributed by atoms with E-state index in [4.69, 9.17) is 11.6 Å². The predicted octanol–water partition coefficient (Wildman–Crippen LogP) is 3.65. The molecule has 0 aliphatic heterocycles. The van der Waals surface area contributed by atoms with Crippen LogP contribution >= 0.6 is 38.9 Å². The van der Waals surface area contributed by atoms with Crippen LogP contribution < -0.4 is 0 Å². The molecule has 0 aliphatic carbocycles. The summed E-state index contributed by atoms with van der Waals surface area (Å²) in [5.41, 5.74) is 0. The van der Waals surface area contributed by atoms with Crippen LogP contribution in [0.4, 0.5) is 0 Å². The number of carbonyl (C=O) groups excluding carboxylic acids is 1. The number of amides is 1. The second kappa shape index (κ2) is 6.51. The van der Waals surface area contributed by atoms with E-state index in [1.54, 1.807) is 6.07 Å². The second-order valence-corrected chi connectivity index (χ2v) is 5.14. The molecule has 15 heavy (non-hydrogen) atoms. The molecule has 2 nitrogen and oxygen atoms in total. The molecule has 1 aromatic rings. The maximum atomic E-state index is 12.0. The van der Waals surface area contributed by atoms with Gasteiger partial charge in [-0.15, -0.1) is 11.3 Å². The quantitative estimate of drug-likeness (QED) is 0.760. The van der Waals surface area contributed by atoms with E-state index in [1.807, 2.05) is 17.2 Å². The lowest BCUT2D eigenvalue weighted by atomic mass is 10.3. The number of halogens is 2. The van der Waals surface area contributed by atoms with Gasteiger partial charge in [-0.2, -0.15) is 0 Å². The maximum absolute atomic E-state index is 12.0. The van der Waals surface area contributed by atoms with Crippen molar-refractivity contribution in [3.63, 3.8) is 0 Å². The van der Waals surface area contributed by atoms with Crippen molar-refractivity contribution in [2.24, 2.45) is 0 Å². The zero-order valence-electron chi connectivity index (χ0n) is 8.50. The van der Waals surface area contributed by atoms with Crippen LogP contribution in [0.5, 0.6) is 0 Å². The molecule has 1 aromatic heterocycles. The van der Waals surface area contributed by atoms with Crippen molar-refractivity contribution >= 4 is 44.8 Å². The van der Waals surface area contributed by atoms with Crippen LogP contribution in [-0.2, 0) is 0 Å². The van der Waals surface area contributed by atoms with Crippen molar-refractivity contribution < 1.29 is 4.79 Å². The van der Waals surface area contributed by atoms with Gasteiger partial charge in [0.2, 0.25) is 0 Å². The summed E-state index contributed by atoms with van der Waals surface area (Å²) < 4.78 is 0. The molecule has 0 unspecified atom stereocenters. The van der Waals surface area contributed by atoms with Crippen molar-refractivity contribution in [2.45, 2.75) is 13.3 Å². The summed E-state index contributed by atoms with van der Waals surface area (Å²) in [5.74, 6) is 0.0402. The Balaban J connectivity index is 2.69. The van der Waals surface area contributed by atoms with Crippen LogP contribution in [0.1, 0.15) is 23.0 Å². The predicted molar refractivity (Wildman–Crippen MR) is 69.3 cm³/mol. The third-order valence-corrected chi connectivity index (χ3v) is 3.93. The molecule has 0 spiro atoms. The van der Waals surface area contributed by atoms with E-state index in [9.17, 15) is 4.79 Å². The Labute approximate surface area is 107 Å². The highest BCUT2D eigenvalue weighted by molar-refractivity contribution is 9.09. The molecule has 0 atom stereocenters. The topological polar surface area (TPSA) is 20.3 Å². The summed E-state index contributed by atoms with van der Waals surface area (Å²) in [4.78, 5) is 14.5. The molecule has 0 radical (unpaired) electrons. The van der Waals surface area contributed by atoms with Gasteiger partial charge in [-0.3, -0.25) is 4.79 Å². The summed E-state index contributed by atoms with van der Waals surface area (Å²) in [6.45, 7) is 3.47. The molecule has 0 fully saturated rings. The SMILES string of the molecule is CCN(CCCBr)C(=O)c1sccc1Cl. The number of alkyl halides is 1. The fourth-order valence-corrected chi connectivity index (χ4v) is 2.60. The lowest BCUT2D eigenvalue weighted by Crippen LogP contribution is -2.31. The van der Waals surface area contributed by atoms with E-state index in [1.165, 1.54) is 11.3 Å². The van der Waals surface area contributed by atoms with Crippen molar-refractivity contribution in [2.75, 3.05) is 18.4 Å². The molecule has 1 heterocycles. The zero-order chi connectivity index (χ0) is 11.3.